The van der Waals surface area contributed by atoms with E-state index < -0.39 is 10.0 Å². The highest BCUT2D eigenvalue weighted by molar-refractivity contribution is 7.89. The molecule has 1 aromatic rings. The Balaban J connectivity index is 2.19. The number of piperidine rings is 1. The SMILES string of the molecule is COC1CCCN(S(=O)(=O)c2csc(CO)c2)C1. The van der Waals surface area contributed by atoms with Crippen molar-refractivity contribution in [2.45, 2.75) is 30.4 Å². The minimum Gasteiger partial charge on any atom is -0.391 e. The maximum absolute atomic E-state index is 12.4. The molecule has 5 nitrogen and oxygen atoms in total. The first-order valence-corrected chi connectivity index (χ1v) is 8.11. The van der Waals surface area contributed by atoms with E-state index in [2.05, 4.69) is 0 Å². The van der Waals surface area contributed by atoms with E-state index in [0.717, 1.165) is 12.8 Å². The van der Waals surface area contributed by atoms with E-state index in [1.807, 2.05) is 0 Å². The van der Waals surface area contributed by atoms with Crippen LogP contribution in [0, 0.1) is 0 Å². The van der Waals surface area contributed by atoms with Gasteiger partial charge in [0.2, 0.25) is 10.0 Å². The zero-order valence-corrected chi connectivity index (χ0v) is 11.8. The van der Waals surface area contributed by atoms with Gasteiger partial charge in [-0.3, -0.25) is 0 Å². The van der Waals surface area contributed by atoms with Crippen molar-refractivity contribution < 1.29 is 18.3 Å². The fourth-order valence-corrected chi connectivity index (χ4v) is 4.68. The highest BCUT2D eigenvalue weighted by Crippen LogP contribution is 2.25. The smallest absolute Gasteiger partial charge is 0.243 e. The first-order valence-electron chi connectivity index (χ1n) is 5.79. The van der Waals surface area contributed by atoms with Crippen molar-refractivity contribution in [1.82, 2.24) is 4.31 Å². The van der Waals surface area contributed by atoms with Crippen LogP contribution in [0.4, 0.5) is 0 Å². The van der Waals surface area contributed by atoms with Gasteiger partial charge >= 0.3 is 0 Å². The Kier molecular flexibility index (Phi) is 4.39. The standard InChI is InChI=1S/C11H17NO4S2/c1-16-9-3-2-4-12(6-9)18(14,15)11-5-10(7-13)17-8-11/h5,8-9,13H,2-4,6-7H2,1H3. The fraction of sp³-hybridized carbons (Fsp3) is 0.636. The van der Waals surface area contributed by atoms with E-state index >= 15 is 0 Å². The molecule has 7 heteroatoms. The van der Waals surface area contributed by atoms with Crippen LogP contribution in [0.3, 0.4) is 0 Å². The molecule has 0 saturated carbocycles. The van der Waals surface area contributed by atoms with E-state index in [1.165, 1.54) is 21.7 Å². The zero-order chi connectivity index (χ0) is 13.2. The molecule has 0 bridgehead atoms. The molecule has 1 fully saturated rings. The Morgan fingerprint density at radius 3 is 3.00 bits per heavy atom. The summed E-state index contributed by atoms with van der Waals surface area (Å²) in [6, 6.07) is 1.54. The lowest BCUT2D eigenvalue weighted by Crippen LogP contribution is -2.42. The molecule has 1 unspecified atom stereocenters. The molecule has 1 aliphatic rings. The van der Waals surface area contributed by atoms with Gasteiger partial charge in [0.15, 0.2) is 0 Å². The second kappa shape index (κ2) is 5.66. The summed E-state index contributed by atoms with van der Waals surface area (Å²) in [7, 11) is -1.84. The van der Waals surface area contributed by atoms with Gasteiger partial charge in [-0.05, 0) is 18.9 Å². The van der Waals surface area contributed by atoms with Crippen molar-refractivity contribution in [3.8, 4) is 0 Å². The van der Waals surface area contributed by atoms with Crippen molar-refractivity contribution in [1.29, 1.82) is 0 Å². The van der Waals surface area contributed by atoms with Crippen LogP contribution in [0.1, 0.15) is 17.7 Å². The van der Waals surface area contributed by atoms with Crippen molar-refractivity contribution in [2.75, 3.05) is 20.2 Å². The predicted octanol–water partition coefficient (Wildman–Crippen LogP) is 1.04. The lowest BCUT2D eigenvalue weighted by atomic mass is 10.1. The van der Waals surface area contributed by atoms with Crippen LogP contribution in [0.5, 0.6) is 0 Å². The Bertz CT molecular complexity index is 497. The van der Waals surface area contributed by atoms with Crippen LogP contribution >= 0.6 is 11.3 Å². The van der Waals surface area contributed by atoms with Crippen LogP contribution in [0.25, 0.3) is 0 Å². The van der Waals surface area contributed by atoms with Gasteiger partial charge in [0, 0.05) is 30.5 Å². The number of sulfonamides is 1. The summed E-state index contributed by atoms with van der Waals surface area (Å²) in [5, 5.41) is 10.6. The first kappa shape index (κ1) is 14.0. The van der Waals surface area contributed by atoms with Gasteiger partial charge in [-0.1, -0.05) is 0 Å². The topological polar surface area (TPSA) is 66.8 Å². The Morgan fingerprint density at radius 1 is 1.61 bits per heavy atom. The summed E-state index contributed by atoms with van der Waals surface area (Å²) < 4.78 is 31.4. The van der Waals surface area contributed by atoms with Gasteiger partial charge in [0.1, 0.15) is 0 Å². The zero-order valence-electron chi connectivity index (χ0n) is 10.2. The molecule has 18 heavy (non-hydrogen) atoms. The molecule has 0 radical (unpaired) electrons. The Morgan fingerprint density at radius 2 is 2.39 bits per heavy atom. The van der Waals surface area contributed by atoms with Crippen LogP contribution in [0.15, 0.2) is 16.3 Å². The Hall–Kier alpha value is -0.470. The highest BCUT2D eigenvalue weighted by Gasteiger charge is 2.30. The number of thiophene rings is 1. The van der Waals surface area contributed by atoms with Crippen LogP contribution in [0.2, 0.25) is 0 Å². The van der Waals surface area contributed by atoms with Gasteiger partial charge in [-0.2, -0.15) is 4.31 Å². The molecule has 1 saturated heterocycles. The normalized spacial score (nSPS) is 22.2. The van der Waals surface area contributed by atoms with Crippen LogP contribution < -0.4 is 0 Å². The third-order valence-corrected chi connectivity index (χ3v) is 6.01. The van der Waals surface area contributed by atoms with Crippen molar-refractivity contribution >= 4 is 21.4 Å². The van der Waals surface area contributed by atoms with Gasteiger partial charge in [0.25, 0.3) is 0 Å². The van der Waals surface area contributed by atoms with E-state index in [1.54, 1.807) is 12.5 Å². The fourth-order valence-electron chi connectivity index (χ4n) is 2.04. The summed E-state index contributed by atoms with van der Waals surface area (Å²) in [4.78, 5) is 0.933. The second-order valence-corrected chi connectivity index (χ2v) is 7.20. The average Bonchev–Trinajstić information content (AvgIpc) is 2.88. The third kappa shape index (κ3) is 2.75. The number of ether oxygens (including phenoxy) is 1. The minimum atomic E-state index is -3.44. The summed E-state index contributed by atoms with van der Waals surface area (Å²) in [6.07, 6.45) is 1.69. The van der Waals surface area contributed by atoms with E-state index in [4.69, 9.17) is 9.84 Å². The number of methoxy groups -OCH3 is 1. The first-order chi connectivity index (χ1) is 8.57. The molecule has 1 atom stereocenters. The molecule has 2 heterocycles. The molecule has 1 aromatic heterocycles. The van der Waals surface area contributed by atoms with Gasteiger partial charge in [-0.25, -0.2) is 8.42 Å². The molecule has 0 aromatic carbocycles. The van der Waals surface area contributed by atoms with Crippen molar-refractivity contribution in [3.05, 3.63) is 16.3 Å². The molecule has 102 valence electrons. The van der Waals surface area contributed by atoms with Gasteiger partial charge in [-0.15, -0.1) is 11.3 Å². The maximum Gasteiger partial charge on any atom is 0.243 e. The monoisotopic (exact) mass is 291 g/mol. The molecule has 0 amide bonds. The number of aliphatic hydroxyl groups is 1. The number of aliphatic hydroxyl groups excluding tert-OH is 1. The predicted molar refractivity (Wildman–Crippen MR) is 69.0 cm³/mol. The van der Waals surface area contributed by atoms with E-state index in [-0.39, 0.29) is 17.6 Å². The van der Waals surface area contributed by atoms with E-state index in [9.17, 15) is 8.42 Å². The van der Waals surface area contributed by atoms with Crippen molar-refractivity contribution in [3.63, 3.8) is 0 Å². The quantitative estimate of drug-likeness (QED) is 0.900. The largest absolute Gasteiger partial charge is 0.391 e. The maximum atomic E-state index is 12.4. The number of hydrogen-bond donors (Lipinski definition) is 1. The molecule has 0 spiro atoms. The number of nitrogens with zero attached hydrogens (tertiary/aromatic N) is 1. The lowest BCUT2D eigenvalue weighted by molar-refractivity contribution is 0.0572. The molecule has 2 rings (SSSR count). The second-order valence-electron chi connectivity index (χ2n) is 4.27. The van der Waals surface area contributed by atoms with Crippen LogP contribution in [-0.4, -0.2) is 44.1 Å². The van der Waals surface area contributed by atoms with Gasteiger partial charge < -0.3 is 9.84 Å². The molecule has 0 aliphatic carbocycles. The molecule has 1 aliphatic heterocycles. The summed E-state index contributed by atoms with van der Waals surface area (Å²) in [5.41, 5.74) is 0. The molecular formula is C11H17NO4S2. The average molecular weight is 291 g/mol. The highest BCUT2D eigenvalue weighted by atomic mass is 32.2. The van der Waals surface area contributed by atoms with Crippen molar-refractivity contribution in [2.24, 2.45) is 0 Å². The summed E-state index contributed by atoms with van der Waals surface area (Å²) in [6.45, 7) is 0.816. The Labute approximate surface area is 111 Å². The summed E-state index contributed by atoms with van der Waals surface area (Å²) >= 11 is 1.26. The lowest BCUT2D eigenvalue weighted by Gasteiger charge is -2.30. The summed E-state index contributed by atoms with van der Waals surface area (Å²) in [5.74, 6) is 0. The third-order valence-electron chi connectivity index (χ3n) is 3.10. The van der Waals surface area contributed by atoms with Gasteiger partial charge in [0.05, 0.1) is 17.6 Å². The number of rotatable bonds is 4. The minimum absolute atomic E-state index is 0.0236. The number of hydrogen-bond acceptors (Lipinski definition) is 5. The van der Waals surface area contributed by atoms with E-state index in [0.29, 0.717) is 18.0 Å². The molecular weight excluding hydrogens is 274 g/mol. The molecule has 1 N–H and O–H groups in total. The van der Waals surface area contributed by atoms with Crippen LogP contribution in [-0.2, 0) is 21.4 Å².